The molecule has 0 unspecified atom stereocenters. The second kappa shape index (κ2) is 2.67. The molecule has 5 heteroatoms. The maximum absolute atomic E-state index is 11.3. The highest BCUT2D eigenvalue weighted by Gasteiger charge is 2.20. The fraction of sp³-hybridized carbons (Fsp3) is 0.444. The number of imidazole rings is 1. The van der Waals surface area contributed by atoms with Crippen molar-refractivity contribution in [2.24, 2.45) is 0 Å². The van der Waals surface area contributed by atoms with Crippen LogP contribution in [0.15, 0.2) is 17.3 Å². The molecule has 0 radical (unpaired) electrons. The minimum atomic E-state index is -0.212. The van der Waals surface area contributed by atoms with Crippen LogP contribution in [0.5, 0.6) is 0 Å². The van der Waals surface area contributed by atoms with Crippen molar-refractivity contribution in [3.63, 3.8) is 0 Å². The third kappa shape index (κ3) is 1.21. The predicted octanol–water partition coefficient (Wildman–Crippen LogP) is 0.715. The minimum Gasteiger partial charge on any atom is -0.308 e. The van der Waals surface area contributed by atoms with E-state index in [1.807, 2.05) is 0 Å². The van der Waals surface area contributed by atoms with Gasteiger partial charge in [-0.2, -0.15) is 5.10 Å². The van der Waals surface area contributed by atoms with Crippen LogP contribution in [0.2, 0.25) is 0 Å². The van der Waals surface area contributed by atoms with Crippen LogP contribution in [0.3, 0.4) is 0 Å². The molecule has 0 amide bonds. The Bertz CT molecular complexity index is 517. The highest BCUT2D eigenvalue weighted by Crippen LogP contribution is 2.20. The Morgan fingerprint density at radius 3 is 2.79 bits per heavy atom. The van der Waals surface area contributed by atoms with Gasteiger partial charge in [-0.25, -0.2) is 9.50 Å². The van der Waals surface area contributed by atoms with E-state index in [2.05, 4.69) is 35.8 Å². The zero-order chi connectivity index (χ0) is 10.3. The van der Waals surface area contributed by atoms with Gasteiger partial charge in [0.1, 0.15) is 6.33 Å². The zero-order valence-electron chi connectivity index (χ0n) is 8.40. The standard InChI is InChI=1S/C9H12N4O/c1-9(2,3)6-4-10-7-8(14)11-5-12-13(6)7/h4-5H,1-3H3,(H,11,12,14). The third-order valence-electron chi connectivity index (χ3n) is 2.08. The Morgan fingerprint density at radius 1 is 1.43 bits per heavy atom. The average Bonchev–Trinajstić information content (AvgIpc) is 2.47. The lowest BCUT2D eigenvalue weighted by molar-refractivity contribution is 0.549. The number of nitrogens with one attached hydrogen (secondary N) is 1. The maximum atomic E-state index is 11.3. The van der Waals surface area contributed by atoms with Crippen molar-refractivity contribution in [1.82, 2.24) is 19.6 Å². The summed E-state index contributed by atoms with van der Waals surface area (Å²) in [5.41, 5.74) is 0.992. The van der Waals surface area contributed by atoms with Gasteiger partial charge in [0, 0.05) is 5.41 Å². The SMILES string of the molecule is CC(C)(C)c1cnc2c(=O)[nH]cnn12. The van der Waals surface area contributed by atoms with Crippen molar-refractivity contribution in [2.75, 3.05) is 0 Å². The number of hydrogen-bond acceptors (Lipinski definition) is 3. The topological polar surface area (TPSA) is 63.0 Å². The van der Waals surface area contributed by atoms with E-state index in [1.54, 1.807) is 10.7 Å². The Morgan fingerprint density at radius 2 is 2.14 bits per heavy atom. The van der Waals surface area contributed by atoms with Crippen molar-refractivity contribution in [1.29, 1.82) is 0 Å². The van der Waals surface area contributed by atoms with Gasteiger partial charge in [-0.05, 0) is 0 Å². The molecule has 74 valence electrons. The highest BCUT2D eigenvalue weighted by molar-refractivity contribution is 5.36. The normalized spacial score (nSPS) is 12.2. The molecular formula is C9H12N4O. The number of fused-ring (bicyclic) bond motifs is 1. The van der Waals surface area contributed by atoms with E-state index < -0.39 is 0 Å². The molecule has 0 saturated carbocycles. The molecule has 2 aromatic rings. The summed E-state index contributed by atoms with van der Waals surface area (Å²) in [4.78, 5) is 17.9. The van der Waals surface area contributed by atoms with Crippen LogP contribution < -0.4 is 5.56 Å². The first-order valence-corrected chi connectivity index (χ1v) is 4.42. The molecule has 14 heavy (non-hydrogen) atoms. The second-order valence-corrected chi connectivity index (χ2v) is 4.25. The molecule has 0 aliphatic rings. The van der Waals surface area contributed by atoms with Crippen molar-refractivity contribution in [2.45, 2.75) is 26.2 Å². The molecular weight excluding hydrogens is 180 g/mol. The van der Waals surface area contributed by atoms with Crippen LogP contribution in [0.25, 0.3) is 5.65 Å². The molecule has 1 N–H and O–H groups in total. The van der Waals surface area contributed by atoms with Gasteiger partial charge in [0.05, 0.1) is 11.9 Å². The molecule has 0 spiro atoms. The van der Waals surface area contributed by atoms with Crippen molar-refractivity contribution in [3.05, 3.63) is 28.6 Å². The van der Waals surface area contributed by atoms with Gasteiger partial charge < -0.3 is 4.98 Å². The van der Waals surface area contributed by atoms with Crippen LogP contribution in [-0.4, -0.2) is 19.6 Å². The number of rotatable bonds is 0. The molecule has 2 rings (SSSR count). The Labute approximate surface area is 80.8 Å². The quantitative estimate of drug-likeness (QED) is 0.668. The number of hydrogen-bond donors (Lipinski definition) is 1. The number of H-pyrrole nitrogens is 1. The smallest absolute Gasteiger partial charge is 0.294 e. The van der Waals surface area contributed by atoms with Gasteiger partial charge in [-0.1, -0.05) is 20.8 Å². The van der Waals surface area contributed by atoms with Gasteiger partial charge in [0.15, 0.2) is 0 Å². The van der Waals surface area contributed by atoms with Gasteiger partial charge in [-0.3, -0.25) is 4.79 Å². The summed E-state index contributed by atoms with van der Waals surface area (Å²) < 4.78 is 1.58. The summed E-state index contributed by atoms with van der Waals surface area (Å²) in [5, 5.41) is 4.07. The van der Waals surface area contributed by atoms with Crippen LogP contribution >= 0.6 is 0 Å². The Kier molecular flexibility index (Phi) is 1.70. The van der Waals surface area contributed by atoms with Gasteiger partial charge in [-0.15, -0.1) is 0 Å². The fourth-order valence-electron chi connectivity index (χ4n) is 1.34. The number of aromatic nitrogens is 4. The lowest BCUT2D eigenvalue weighted by atomic mass is 9.93. The first-order chi connectivity index (χ1) is 6.50. The molecule has 2 aromatic heterocycles. The molecule has 0 aromatic carbocycles. The van der Waals surface area contributed by atoms with E-state index in [0.717, 1.165) is 5.69 Å². The first kappa shape index (κ1) is 8.93. The molecule has 2 heterocycles. The molecule has 0 fully saturated rings. The van der Waals surface area contributed by atoms with Gasteiger partial charge >= 0.3 is 0 Å². The van der Waals surface area contributed by atoms with Crippen molar-refractivity contribution >= 4 is 5.65 Å². The van der Waals surface area contributed by atoms with E-state index in [-0.39, 0.29) is 11.0 Å². The van der Waals surface area contributed by atoms with E-state index in [1.165, 1.54) is 6.33 Å². The van der Waals surface area contributed by atoms with Crippen molar-refractivity contribution < 1.29 is 0 Å². The zero-order valence-corrected chi connectivity index (χ0v) is 8.40. The summed E-state index contributed by atoms with van der Waals surface area (Å²) >= 11 is 0. The maximum Gasteiger partial charge on any atom is 0.294 e. The minimum absolute atomic E-state index is 0.0692. The number of aromatic amines is 1. The predicted molar refractivity (Wildman–Crippen MR) is 52.3 cm³/mol. The summed E-state index contributed by atoms with van der Waals surface area (Å²) in [6.07, 6.45) is 3.07. The Balaban J connectivity index is 2.83. The van der Waals surface area contributed by atoms with Crippen molar-refractivity contribution in [3.8, 4) is 0 Å². The molecule has 0 atom stereocenters. The second-order valence-electron chi connectivity index (χ2n) is 4.25. The summed E-state index contributed by atoms with van der Waals surface area (Å²) in [6, 6.07) is 0. The fourth-order valence-corrected chi connectivity index (χ4v) is 1.34. The molecule has 0 saturated heterocycles. The van der Waals surface area contributed by atoms with E-state index in [4.69, 9.17) is 0 Å². The average molecular weight is 192 g/mol. The Hall–Kier alpha value is -1.65. The van der Waals surface area contributed by atoms with Crippen LogP contribution in [0.1, 0.15) is 26.5 Å². The van der Waals surface area contributed by atoms with Gasteiger partial charge in [0.25, 0.3) is 5.56 Å². The lowest BCUT2D eigenvalue weighted by Gasteiger charge is -2.16. The summed E-state index contributed by atoms with van der Waals surface area (Å²) in [7, 11) is 0. The molecule has 5 nitrogen and oxygen atoms in total. The van der Waals surface area contributed by atoms with Crippen LogP contribution in [0.4, 0.5) is 0 Å². The molecule has 0 aliphatic carbocycles. The van der Waals surface area contributed by atoms with E-state index in [0.29, 0.717) is 5.65 Å². The van der Waals surface area contributed by atoms with E-state index >= 15 is 0 Å². The molecule has 0 bridgehead atoms. The highest BCUT2D eigenvalue weighted by atomic mass is 16.1. The van der Waals surface area contributed by atoms with Gasteiger partial charge in [0.2, 0.25) is 5.65 Å². The molecule has 0 aliphatic heterocycles. The van der Waals surface area contributed by atoms with E-state index in [9.17, 15) is 4.79 Å². The third-order valence-corrected chi connectivity index (χ3v) is 2.08. The number of nitrogens with zero attached hydrogens (tertiary/aromatic N) is 3. The largest absolute Gasteiger partial charge is 0.308 e. The lowest BCUT2D eigenvalue weighted by Crippen LogP contribution is -2.18. The monoisotopic (exact) mass is 192 g/mol. The first-order valence-electron chi connectivity index (χ1n) is 4.42. The van der Waals surface area contributed by atoms with Crippen LogP contribution in [0, 0.1) is 0 Å². The van der Waals surface area contributed by atoms with Crippen LogP contribution in [-0.2, 0) is 5.41 Å². The summed E-state index contributed by atoms with van der Waals surface area (Å²) in [6.45, 7) is 6.16. The summed E-state index contributed by atoms with van der Waals surface area (Å²) in [5.74, 6) is 0.